The van der Waals surface area contributed by atoms with E-state index in [0.29, 0.717) is 0 Å². The summed E-state index contributed by atoms with van der Waals surface area (Å²) in [7, 11) is 0. The molecule has 234 valence electrons. The molecule has 2 aliphatic rings. The summed E-state index contributed by atoms with van der Waals surface area (Å²) in [4.78, 5) is 10.2. The normalized spacial score (nSPS) is 13.5. The van der Waals surface area contributed by atoms with Gasteiger partial charge in [-0.05, 0) is 94.0 Å². The van der Waals surface area contributed by atoms with E-state index in [-0.39, 0.29) is 0 Å². The second kappa shape index (κ2) is 10.6. The summed E-state index contributed by atoms with van der Waals surface area (Å²) < 4.78 is 8.94. The Morgan fingerprint density at radius 1 is 0.400 bits per heavy atom. The summed E-state index contributed by atoms with van der Waals surface area (Å²) in [6.07, 6.45) is 0. The van der Waals surface area contributed by atoms with Crippen LogP contribution in [0.5, 0.6) is 11.5 Å². The van der Waals surface area contributed by atoms with Crippen molar-refractivity contribution < 1.29 is 4.74 Å². The predicted octanol–water partition coefficient (Wildman–Crippen LogP) is 12.4. The van der Waals surface area contributed by atoms with Gasteiger partial charge in [0.1, 0.15) is 21.5 Å². The van der Waals surface area contributed by atoms with Crippen LogP contribution >= 0.6 is 22.7 Å². The van der Waals surface area contributed by atoms with E-state index in [0.717, 1.165) is 54.8 Å². The van der Waals surface area contributed by atoms with Gasteiger partial charge in [0.25, 0.3) is 0 Å². The van der Waals surface area contributed by atoms with Gasteiger partial charge < -0.3 is 4.74 Å². The molecule has 1 aliphatic carbocycles. The number of fused-ring (bicyclic) bond motifs is 11. The van der Waals surface area contributed by atoms with Gasteiger partial charge in [0, 0.05) is 22.3 Å². The molecule has 1 aliphatic heterocycles. The maximum absolute atomic E-state index is 6.58. The van der Waals surface area contributed by atoms with Crippen molar-refractivity contribution in [1.29, 1.82) is 0 Å². The van der Waals surface area contributed by atoms with Gasteiger partial charge in [-0.25, -0.2) is 9.97 Å². The summed E-state index contributed by atoms with van der Waals surface area (Å²) in [5.74, 6) is 1.80. The maximum Gasteiger partial charge on any atom is 0.132 e. The average molecular weight is 675 g/mol. The van der Waals surface area contributed by atoms with Gasteiger partial charge in [0.15, 0.2) is 0 Å². The molecule has 1 spiro atoms. The number of thiazole rings is 2. The van der Waals surface area contributed by atoms with Crippen LogP contribution in [-0.2, 0) is 5.41 Å². The van der Waals surface area contributed by atoms with E-state index in [1.165, 1.54) is 42.8 Å². The van der Waals surface area contributed by atoms with E-state index in [9.17, 15) is 0 Å². The van der Waals surface area contributed by atoms with Gasteiger partial charge in [0.05, 0.1) is 25.8 Å². The van der Waals surface area contributed by atoms with Crippen LogP contribution in [0.1, 0.15) is 22.3 Å². The summed E-state index contributed by atoms with van der Waals surface area (Å²) in [6.45, 7) is 0. The number of para-hydroxylation sites is 4. The zero-order valence-corrected chi connectivity index (χ0v) is 28.3. The molecule has 0 amide bonds. The Balaban J connectivity index is 1.18. The predicted molar refractivity (Wildman–Crippen MR) is 206 cm³/mol. The molecule has 0 unspecified atom stereocenters. The molecule has 5 heteroatoms. The lowest BCUT2D eigenvalue weighted by molar-refractivity contribution is 0.436. The molecule has 3 nitrogen and oxygen atoms in total. The third kappa shape index (κ3) is 3.96. The Kier molecular flexibility index (Phi) is 5.91. The smallest absolute Gasteiger partial charge is 0.132 e. The molecule has 0 atom stereocenters. The fourth-order valence-corrected chi connectivity index (χ4v) is 9.97. The molecule has 11 rings (SSSR count). The van der Waals surface area contributed by atoms with Gasteiger partial charge in [0.2, 0.25) is 0 Å². The van der Waals surface area contributed by atoms with Crippen LogP contribution in [0.15, 0.2) is 158 Å². The first-order valence-corrected chi connectivity index (χ1v) is 18.4. The van der Waals surface area contributed by atoms with Crippen LogP contribution in [0.25, 0.3) is 63.8 Å². The first-order chi connectivity index (χ1) is 24.7. The van der Waals surface area contributed by atoms with E-state index in [1.54, 1.807) is 22.7 Å². The highest BCUT2D eigenvalue weighted by Gasteiger charge is 2.51. The van der Waals surface area contributed by atoms with Crippen molar-refractivity contribution in [2.45, 2.75) is 5.41 Å². The Bertz CT molecular complexity index is 2620. The highest BCUT2D eigenvalue weighted by Crippen LogP contribution is 2.62. The molecule has 0 fully saturated rings. The summed E-state index contributed by atoms with van der Waals surface area (Å²) in [5.41, 5.74) is 13.4. The molecule has 3 heterocycles. The van der Waals surface area contributed by atoms with Crippen LogP contribution in [0, 0.1) is 0 Å². The van der Waals surface area contributed by atoms with Gasteiger partial charge in [-0.1, -0.05) is 97.1 Å². The Morgan fingerprint density at radius 3 is 1.52 bits per heavy atom. The molecular formula is C45H26N2OS2. The van der Waals surface area contributed by atoms with E-state index < -0.39 is 5.41 Å². The van der Waals surface area contributed by atoms with Crippen LogP contribution in [0.2, 0.25) is 0 Å². The monoisotopic (exact) mass is 674 g/mol. The Hall–Kier alpha value is -5.88. The second-order valence-electron chi connectivity index (χ2n) is 12.9. The molecule has 7 aromatic carbocycles. The zero-order chi connectivity index (χ0) is 32.8. The van der Waals surface area contributed by atoms with Crippen LogP contribution in [0.3, 0.4) is 0 Å². The molecule has 50 heavy (non-hydrogen) atoms. The number of rotatable bonds is 3. The standard InChI is InChI=1S/C45H26N2OS2/c1-2-12-33-31(11-1)32-22-21-27(26-36(32)45(33)34-13-3-7-17-39(34)48-40-18-8-4-14-35(40)45)28-23-29(43-46-37-15-5-9-19-41(37)49-43)25-30(24-28)44-47-38-16-6-10-20-42(38)50-44/h1-26H. The molecule has 0 saturated heterocycles. The minimum Gasteiger partial charge on any atom is -0.457 e. The van der Waals surface area contributed by atoms with Crippen molar-refractivity contribution in [3.05, 3.63) is 180 Å². The Morgan fingerprint density at radius 2 is 0.900 bits per heavy atom. The second-order valence-corrected chi connectivity index (χ2v) is 15.0. The van der Waals surface area contributed by atoms with Gasteiger partial charge in [-0.2, -0.15) is 0 Å². The third-order valence-electron chi connectivity index (χ3n) is 10.2. The summed E-state index contributed by atoms with van der Waals surface area (Å²) in [6, 6.07) is 56.6. The number of hydrogen-bond acceptors (Lipinski definition) is 5. The van der Waals surface area contributed by atoms with E-state index >= 15 is 0 Å². The van der Waals surface area contributed by atoms with E-state index in [4.69, 9.17) is 14.7 Å². The highest BCUT2D eigenvalue weighted by molar-refractivity contribution is 7.22. The van der Waals surface area contributed by atoms with Gasteiger partial charge in [-0.15, -0.1) is 22.7 Å². The van der Waals surface area contributed by atoms with Crippen molar-refractivity contribution in [3.63, 3.8) is 0 Å². The number of benzene rings is 7. The lowest BCUT2D eigenvalue weighted by Gasteiger charge is -2.39. The highest BCUT2D eigenvalue weighted by atomic mass is 32.1. The first kappa shape index (κ1) is 28.0. The molecule has 0 bridgehead atoms. The number of ether oxygens (including phenoxy) is 1. The van der Waals surface area contributed by atoms with E-state index in [1.807, 2.05) is 0 Å². The van der Waals surface area contributed by atoms with Gasteiger partial charge >= 0.3 is 0 Å². The fourth-order valence-electron chi connectivity index (χ4n) is 8.07. The van der Waals surface area contributed by atoms with Crippen LogP contribution in [0.4, 0.5) is 0 Å². The number of nitrogens with zero attached hydrogens (tertiary/aromatic N) is 2. The quantitative estimate of drug-likeness (QED) is 0.187. The fraction of sp³-hybridized carbons (Fsp3) is 0.0222. The molecule has 0 N–H and O–H groups in total. The van der Waals surface area contributed by atoms with Crippen molar-refractivity contribution in [2.75, 3.05) is 0 Å². The SMILES string of the molecule is c1ccc2c(c1)Oc1ccccc1C21c2ccccc2-c2ccc(-c3cc(-c4nc5ccccc5s4)cc(-c4nc5ccccc5s4)c3)cc21. The van der Waals surface area contributed by atoms with Crippen molar-refractivity contribution in [1.82, 2.24) is 9.97 Å². The average Bonchev–Trinajstić information content (AvgIpc) is 3.89. The molecule has 2 aromatic heterocycles. The lowest BCUT2D eigenvalue weighted by Crippen LogP contribution is -2.32. The van der Waals surface area contributed by atoms with Crippen LogP contribution < -0.4 is 4.74 Å². The van der Waals surface area contributed by atoms with Crippen molar-refractivity contribution >= 4 is 43.1 Å². The topological polar surface area (TPSA) is 35.0 Å². The summed E-state index contributed by atoms with van der Waals surface area (Å²) in [5, 5.41) is 2.01. The largest absolute Gasteiger partial charge is 0.457 e. The lowest BCUT2D eigenvalue weighted by atomic mass is 9.66. The molecule has 0 saturated carbocycles. The Labute approximate surface area is 296 Å². The summed E-state index contributed by atoms with van der Waals surface area (Å²) >= 11 is 3.47. The minimum absolute atomic E-state index is 0.520. The molecular weight excluding hydrogens is 649 g/mol. The van der Waals surface area contributed by atoms with E-state index in [2.05, 4.69) is 158 Å². The third-order valence-corrected chi connectivity index (χ3v) is 12.4. The molecule has 9 aromatic rings. The van der Waals surface area contributed by atoms with Crippen molar-refractivity contribution in [3.8, 4) is 54.9 Å². The van der Waals surface area contributed by atoms with Crippen LogP contribution in [-0.4, -0.2) is 9.97 Å². The first-order valence-electron chi connectivity index (χ1n) is 16.7. The number of aromatic nitrogens is 2. The molecule has 0 radical (unpaired) electrons. The zero-order valence-electron chi connectivity index (χ0n) is 26.6. The van der Waals surface area contributed by atoms with Gasteiger partial charge in [-0.3, -0.25) is 0 Å². The van der Waals surface area contributed by atoms with Crippen molar-refractivity contribution in [2.24, 2.45) is 0 Å². The number of hydrogen-bond donors (Lipinski definition) is 0. The minimum atomic E-state index is -0.520. The maximum atomic E-state index is 6.58.